The third-order valence-corrected chi connectivity index (χ3v) is 6.24. The van der Waals surface area contributed by atoms with Crippen molar-refractivity contribution in [3.05, 3.63) is 90.5 Å². The van der Waals surface area contributed by atoms with Crippen molar-refractivity contribution < 1.29 is 4.79 Å². The van der Waals surface area contributed by atoms with Crippen LogP contribution >= 0.6 is 11.8 Å². The van der Waals surface area contributed by atoms with Crippen molar-refractivity contribution in [2.24, 2.45) is 0 Å². The number of hydrogen-bond donors (Lipinski definition) is 2. The molecule has 4 aromatic rings. The fourth-order valence-electron chi connectivity index (χ4n) is 3.43. The van der Waals surface area contributed by atoms with Gasteiger partial charge in [-0.05, 0) is 31.0 Å². The molecular formula is C26H25N3OS. The van der Waals surface area contributed by atoms with Gasteiger partial charge in [0.25, 0.3) is 0 Å². The van der Waals surface area contributed by atoms with E-state index in [0.717, 1.165) is 38.9 Å². The van der Waals surface area contributed by atoms with Gasteiger partial charge in [0.05, 0.1) is 16.6 Å². The number of thioether (sulfide) groups is 1. The molecule has 3 aromatic carbocycles. The average Bonchev–Trinajstić information content (AvgIpc) is 3.22. The van der Waals surface area contributed by atoms with Crippen molar-refractivity contribution in [3.63, 3.8) is 0 Å². The maximum absolute atomic E-state index is 12.9. The van der Waals surface area contributed by atoms with Gasteiger partial charge in [-0.15, -0.1) is 0 Å². The summed E-state index contributed by atoms with van der Waals surface area (Å²) in [5, 5.41) is 3.53. The number of nitrogens with zero attached hydrogens (tertiary/aromatic N) is 1. The lowest BCUT2D eigenvalue weighted by atomic mass is 10.1. The van der Waals surface area contributed by atoms with Gasteiger partial charge in [0.1, 0.15) is 0 Å². The van der Waals surface area contributed by atoms with E-state index in [-0.39, 0.29) is 11.2 Å². The summed E-state index contributed by atoms with van der Waals surface area (Å²) in [4.78, 5) is 21.3. The first kappa shape index (κ1) is 20.9. The number of anilines is 1. The number of aryl methyl sites for hydroxylation is 1. The molecule has 1 amide bonds. The molecule has 0 bridgehead atoms. The first-order valence-corrected chi connectivity index (χ1v) is 11.3. The summed E-state index contributed by atoms with van der Waals surface area (Å²) in [6.45, 7) is 4.04. The van der Waals surface area contributed by atoms with Gasteiger partial charge >= 0.3 is 0 Å². The standard InChI is InChI=1S/C26H25N3OS/c1-3-22(25(30)27-21-16-10-11-18(2)17-21)31-26-28-23(19-12-6-4-7-13-19)24(29-26)20-14-8-5-9-15-20/h4-17,22H,3H2,1-2H3,(H,27,30)(H,28,29). The van der Waals surface area contributed by atoms with E-state index in [0.29, 0.717) is 6.42 Å². The van der Waals surface area contributed by atoms with Crippen LogP contribution in [0.25, 0.3) is 22.5 Å². The second kappa shape index (κ2) is 9.67. The lowest BCUT2D eigenvalue weighted by molar-refractivity contribution is -0.115. The van der Waals surface area contributed by atoms with Crippen LogP contribution in [0.2, 0.25) is 0 Å². The third-order valence-electron chi connectivity index (χ3n) is 4.99. The second-order valence-corrected chi connectivity index (χ2v) is 8.56. The Bertz CT molecular complexity index is 1100. The Morgan fingerprint density at radius 3 is 2.29 bits per heavy atom. The van der Waals surface area contributed by atoms with Crippen LogP contribution in [0, 0.1) is 6.92 Å². The molecule has 0 aliphatic carbocycles. The van der Waals surface area contributed by atoms with E-state index in [2.05, 4.69) is 34.6 Å². The van der Waals surface area contributed by atoms with E-state index in [9.17, 15) is 4.79 Å². The van der Waals surface area contributed by atoms with Crippen LogP contribution in [0.3, 0.4) is 0 Å². The van der Waals surface area contributed by atoms with Gasteiger partial charge in [0.15, 0.2) is 5.16 Å². The zero-order valence-corrected chi connectivity index (χ0v) is 18.4. The minimum Gasteiger partial charge on any atom is -0.332 e. The molecule has 4 nitrogen and oxygen atoms in total. The van der Waals surface area contributed by atoms with E-state index in [1.807, 2.05) is 74.5 Å². The summed E-state index contributed by atoms with van der Waals surface area (Å²) < 4.78 is 0. The topological polar surface area (TPSA) is 57.8 Å². The van der Waals surface area contributed by atoms with Crippen molar-refractivity contribution in [3.8, 4) is 22.5 Å². The maximum Gasteiger partial charge on any atom is 0.237 e. The Morgan fingerprint density at radius 2 is 1.65 bits per heavy atom. The van der Waals surface area contributed by atoms with E-state index >= 15 is 0 Å². The average molecular weight is 428 g/mol. The smallest absolute Gasteiger partial charge is 0.237 e. The monoisotopic (exact) mass is 427 g/mol. The first-order valence-electron chi connectivity index (χ1n) is 10.4. The van der Waals surface area contributed by atoms with Crippen molar-refractivity contribution in [1.29, 1.82) is 0 Å². The van der Waals surface area contributed by atoms with E-state index in [4.69, 9.17) is 4.98 Å². The van der Waals surface area contributed by atoms with E-state index < -0.39 is 0 Å². The van der Waals surface area contributed by atoms with Gasteiger partial charge in [0, 0.05) is 16.8 Å². The molecule has 1 unspecified atom stereocenters. The van der Waals surface area contributed by atoms with E-state index in [1.54, 1.807) is 0 Å². The highest BCUT2D eigenvalue weighted by atomic mass is 32.2. The Morgan fingerprint density at radius 1 is 0.968 bits per heavy atom. The van der Waals surface area contributed by atoms with Crippen molar-refractivity contribution in [1.82, 2.24) is 9.97 Å². The maximum atomic E-state index is 12.9. The summed E-state index contributed by atoms with van der Waals surface area (Å²) >= 11 is 1.47. The molecule has 0 saturated carbocycles. The second-order valence-electron chi connectivity index (χ2n) is 7.37. The molecule has 5 heteroatoms. The largest absolute Gasteiger partial charge is 0.332 e. The number of aromatic nitrogens is 2. The van der Waals surface area contributed by atoms with Crippen LogP contribution in [0.1, 0.15) is 18.9 Å². The number of benzene rings is 3. The SMILES string of the molecule is CCC(Sc1nc(-c2ccccc2)c(-c2ccccc2)[nH]1)C(=O)Nc1cccc(C)c1. The Kier molecular flexibility index (Phi) is 6.53. The molecule has 156 valence electrons. The number of carbonyl (C=O) groups excluding carboxylic acids is 1. The number of imidazole rings is 1. The highest BCUT2D eigenvalue weighted by Gasteiger charge is 2.22. The van der Waals surface area contributed by atoms with E-state index in [1.165, 1.54) is 11.8 Å². The van der Waals surface area contributed by atoms with Gasteiger partial charge in [-0.2, -0.15) is 0 Å². The summed E-state index contributed by atoms with van der Waals surface area (Å²) in [6.07, 6.45) is 0.699. The fourth-order valence-corrected chi connectivity index (χ4v) is 4.34. The molecular weight excluding hydrogens is 402 g/mol. The molecule has 1 atom stereocenters. The Balaban J connectivity index is 1.61. The number of rotatable bonds is 7. The minimum atomic E-state index is -0.251. The number of amides is 1. The van der Waals surface area contributed by atoms with Gasteiger partial charge in [-0.1, -0.05) is 91.5 Å². The van der Waals surface area contributed by atoms with Gasteiger partial charge in [0.2, 0.25) is 5.91 Å². The van der Waals surface area contributed by atoms with Gasteiger partial charge in [-0.3, -0.25) is 4.79 Å². The van der Waals surface area contributed by atoms with Crippen LogP contribution in [0.5, 0.6) is 0 Å². The highest BCUT2D eigenvalue weighted by Crippen LogP contribution is 2.34. The fraction of sp³-hybridized carbons (Fsp3) is 0.154. The molecule has 0 aliphatic heterocycles. The minimum absolute atomic E-state index is 0.0166. The Hall–Kier alpha value is -3.31. The van der Waals surface area contributed by atoms with Gasteiger partial charge < -0.3 is 10.3 Å². The zero-order valence-electron chi connectivity index (χ0n) is 17.6. The van der Waals surface area contributed by atoms with Crippen LogP contribution in [0.4, 0.5) is 5.69 Å². The molecule has 4 rings (SSSR count). The third kappa shape index (κ3) is 5.06. The predicted molar refractivity (Wildman–Crippen MR) is 129 cm³/mol. The molecule has 0 radical (unpaired) electrons. The van der Waals surface area contributed by atoms with Crippen LogP contribution in [0.15, 0.2) is 90.1 Å². The van der Waals surface area contributed by atoms with Crippen molar-refractivity contribution >= 4 is 23.4 Å². The number of aromatic amines is 1. The summed E-state index contributed by atoms with van der Waals surface area (Å²) in [7, 11) is 0. The molecule has 0 aliphatic rings. The molecule has 0 fully saturated rings. The number of hydrogen-bond acceptors (Lipinski definition) is 3. The van der Waals surface area contributed by atoms with Crippen LogP contribution in [-0.2, 0) is 4.79 Å². The van der Waals surface area contributed by atoms with Crippen molar-refractivity contribution in [2.45, 2.75) is 30.7 Å². The number of carbonyl (C=O) groups is 1. The molecule has 0 saturated heterocycles. The Labute approximate surface area is 187 Å². The summed E-state index contributed by atoms with van der Waals surface area (Å²) in [6, 6.07) is 28.1. The molecule has 1 aromatic heterocycles. The summed E-state index contributed by atoms with van der Waals surface area (Å²) in [5.41, 5.74) is 5.90. The van der Waals surface area contributed by atoms with Crippen LogP contribution < -0.4 is 5.32 Å². The van der Waals surface area contributed by atoms with Crippen LogP contribution in [-0.4, -0.2) is 21.1 Å². The first-order chi connectivity index (χ1) is 15.1. The molecule has 0 spiro atoms. The van der Waals surface area contributed by atoms with Crippen molar-refractivity contribution in [2.75, 3.05) is 5.32 Å². The highest BCUT2D eigenvalue weighted by molar-refractivity contribution is 8.00. The lowest BCUT2D eigenvalue weighted by Gasteiger charge is -2.13. The molecule has 31 heavy (non-hydrogen) atoms. The predicted octanol–water partition coefficient (Wildman–Crippen LogP) is 6.56. The number of nitrogens with one attached hydrogen (secondary N) is 2. The number of H-pyrrole nitrogens is 1. The summed E-state index contributed by atoms with van der Waals surface area (Å²) in [5.74, 6) is -0.0166. The molecule has 1 heterocycles. The quantitative estimate of drug-likeness (QED) is 0.328. The zero-order chi connectivity index (χ0) is 21.6. The normalized spacial score (nSPS) is 11.8. The lowest BCUT2D eigenvalue weighted by Crippen LogP contribution is -2.24. The van der Waals surface area contributed by atoms with Gasteiger partial charge in [-0.25, -0.2) is 4.98 Å². The molecule has 2 N–H and O–H groups in total.